The number of aliphatic hydroxyl groups is 4. The fourth-order valence-corrected chi connectivity index (χ4v) is 9.15. The van der Waals surface area contributed by atoms with Gasteiger partial charge in [0.05, 0.1) is 54.7 Å². The first-order valence-corrected chi connectivity index (χ1v) is 21.4. The number of aliphatic hydroxyl groups excluding tert-OH is 3. The van der Waals surface area contributed by atoms with Gasteiger partial charge in [0.2, 0.25) is 0 Å². The predicted molar refractivity (Wildman–Crippen MR) is 216 cm³/mol. The molecule has 58 heavy (non-hydrogen) atoms. The predicted octanol–water partition coefficient (Wildman–Crippen LogP) is 3.15. The van der Waals surface area contributed by atoms with Gasteiger partial charge in [0.1, 0.15) is 30.5 Å². The number of hydrogen-bond acceptors (Lipinski definition) is 15. The first-order valence-electron chi connectivity index (χ1n) is 21.4. The fourth-order valence-electron chi connectivity index (χ4n) is 9.15. The van der Waals surface area contributed by atoms with Gasteiger partial charge in [-0.1, -0.05) is 44.6 Å². The quantitative estimate of drug-likeness (QED) is 0.236. The molecule has 4 aliphatic rings. The summed E-state index contributed by atoms with van der Waals surface area (Å²) in [7, 11) is 9.24. The molecule has 0 spiro atoms. The maximum absolute atomic E-state index is 13.1. The van der Waals surface area contributed by atoms with Crippen LogP contribution in [0.4, 0.5) is 0 Å². The third-order valence-corrected chi connectivity index (χ3v) is 12.5. The lowest BCUT2D eigenvalue weighted by Gasteiger charge is -2.50. The maximum atomic E-state index is 13.1. The Bertz CT molecular complexity index is 1320. The summed E-state index contributed by atoms with van der Waals surface area (Å²) in [5.74, 6) is -0.888. The van der Waals surface area contributed by atoms with Crippen molar-refractivity contribution in [2.24, 2.45) is 11.8 Å². The number of likely N-dealkylation sites (N-methyl/N-ethyl adjacent to an activating group) is 2. The summed E-state index contributed by atoms with van der Waals surface area (Å²) in [6.45, 7) is 13.1. The Kier molecular flexibility index (Phi) is 18.6. The van der Waals surface area contributed by atoms with Crippen LogP contribution in [0.1, 0.15) is 93.4 Å². The third kappa shape index (κ3) is 12.7. The monoisotopic (exact) mass is 829 g/mol. The highest BCUT2D eigenvalue weighted by Gasteiger charge is 2.51. The summed E-state index contributed by atoms with van der Waals surface area (Å²) in [5.41, 5.74) is -1.44. The zero-order valence-corrected chi connectivity index (χ0v) is 37.0. The van der Waals surface area contributed by atoms with E-state index in [-0.39, 0.29) is 43.2 Å². The van der Waals surface area contributed by atoms with Gasteiger partial charge in [-0.3, -0.25) is 4.79 Å². The van der Waals surface area contributed by atoms with Gasteiger partial charge in [0.15, 0.2) is 18.9 Å². The highest BCUT2D eigenvalue weighted by atomic mass is 16.7. The van der Waals surface area contributed by atoms with Crippen LogP contribution in [0.2, 0.25) is 0 Å². The van der Waals surface area contributed by atoms with Crippen molar-refractivity contribution in [2.45, 2.75) is 197 Å². The third-order valence-electron chi connectivity index (χ3n) is 12.5. The molecule has 0 saturated carbocycles. The molecular formula is C43H76N2O13. The zero-order valence-electron chi connectivity index (χ0n) is 37.0. The van der Waals surface area contributed by atoms with E-state index in [4.69, 9.17) is 37.9 Å². The minimum atomic E-state index is -1.44. The normalized spacial score (nSPS) is 46.5. The van der Waals surface area contributed by atoms with Crippen LogP contribution in [0.3, 0.4) is 0 Å². The van der Waals surface area contributed by atoms with Crippen LogP contribution >= 0.6 is 0 Å². The van der Waals surface area contributed by atoms with Gasteiger partial charge in [0.25, 0.3) is 0 Å². The molecule has 0 aliphatic carbocycles. The van der Waals surface area contributed by atoms with Crippen molar-refractivity contribution < 1.29 is 63.1 Å². The average Bonchev–Trinajstić information content (AvgIpc) is 3.13. The molecule has 0 bridgehead atoms. The first kappa shape index (κ1) is 49.1. The number of carbonyl (C=O) groups is 1. The first-order chi connectivity index (χ1) is 27.3. The molecule has 4 N–H and O–H groups in total. The number of hydrogen-bond donors (Lipinski definition) is 4. The van der Waals surface area contributed by atoms with E-state index in [1.807, 2.05) is 57.1 Å². The van der Waals surface area contributed by atoms with Crippen molar-refractivity contribution >= 4 is 5.97 Å². The lowest BCUT2D eigenvalue weighted by Crippen LogP contribution is -2.65. The van der Waals surface area contributed by atoms with Gasteiger partial charge in [-0.05, 0) is 93.9 Å². The summed E-state index contributed by atoms with van der Waals surface area (Å²) in [6, 6.07) is -0.356. The van der Waals surface area contributed by atoms with Crippen LogP contribution in [0.5, 0.6) is 0 Å². The molecule has 3 saturated heterocycles. The summed E-state index contributed by atoms with van der Waals surface area (Å²) >= 11 is 0. The van der Waals surface area contributed by atoms with Crippen LogP contribution in [0, 0.1) is 11.8 Å². The number of methoxy groups -OCH3 is 1. The SMILES string of the molecule is CC[C@H]1C[C@@H](C)[C@@H](O[C@H]2CC[C@H](N(C)C)[C@@H](C)O2)/C=C/C=C/C[C@@H](C)OC(=O)C[C@@H](O)[C@H](OC)[C@H]1O[C@@H]1O[C@H](C)[C@@H](O[C@H]2C[C@@](C)(O)[C@@H](O)[C@H](C)O2)[C@H](N(C)C)[C@H]1O. The van der Waals surface area contributed by atoms with E-state index in [0.29, 0.717) is 25.3 Å². The molecule has 3 fully saturated rings. The Balaban J connectivity index is 1.63. The van der Waals surface area contributed by atoms with E-state index < -0.39 is 85.1 Å². The molecule has 15 nitrogen and oxygen atoms in total. The second-order valence-electron chi connectivity index (χ2n) is 17.8. The molecule has 0 radical (unpaired) electrons. The Labute approximate surface area is 346 Å². The Morgan fingerprint density at radius 2 is 1.53 bits per heavy atom. The lowest BCUT2D eigenvalue weighted by atomic mass is 9.82. The number of rotatable bonds is 10. The highest BCUT2D eigenvalue weighted by Crippen LogP contribution is 2.37. The molecule has 0 unspecified atom stereocenters. The summed E-state index contributed by atoms with van der Waals surface area (Å²) < 4.78 is 50.4. The van der Waals surface area contributed by atoms with E-state index in [0.717, 1.165) is 12.8 Å². The Morgan fingerprint density at radius 1 is 0.845 bits per heavy atom. The van der Waals surface area contributed by atoms with Crippen molar-refractivity contribution in [3.8, 4) is 0 Å². The second kappa shape index (κ2) is 22.0. The molecule has 0 aromatic heterocycles. The largest absolute Gasteiger partial charge is 0.462 e. The van der Waals surface area contributed by atoms with Gasteiger partial charge in [0, 0.05) is 26.0 Å². The standard InChI is InChI=1S/C43H76N2O13/c1-13-29-21-24(2)32(56-34-20-19-30(44(8)9)26(4)53-34)18-16-14-15-17-25(3)52-33(47)22-31(46)40(51-12)39(29)58-42-37(48)36(45(10)11)38(27(5)55-42)57-35-23-43(7,50)41(49)28(6)54-35/h14-16,18,24-32,34-42,46,48-50H,13,17,19-23H2,1-12H3/b15-14+,18-16+/t24-,25-,26-,27-,28+,29+,30+,31-,32+,34+,35+,36-,37-,38-,39+,40+,41+,42+,43-/m1/s1. The number of esters is 1. The van der Waals surface area contributed by atoms with E-state index in [9.17, 15) is 25.2 Å². The van der Waals surface area contributed by atoms with Crippen LogP contribution < -0.4 is 0 Å². The lowest BCUT2D eigenvalue weighted by molar-refractivity contribution is -0.344. The van der Waals surface area contributed by atoms with Crippen LogP contribution in [-0.4, -0.2) is 175 Å². The van der Waals surface area contributed by atoms with E-state index >= 15 is 0 Å². The minimum absolute atomic E-state index is 0.00438. The number of cyclic esters (lactones) is 1. The van der Waals surface area contributed by atoms with Crippen molar-refractivity contribution in [1.29, 1.82) is 0 Å². The number of allylic oxidation sites excluding steroid dienone is 2. The Hall–Kier alpha value is -1.57. The Morgan fingerprint density at radius 3 is 2.14 bits per heavy atom. The summed E-state index contributed by atoms with van der Waals surface area (Å²) in [5, 5.41) is 45.1. The van der Waals surface area contributed by atoms with Gasteiger partial charge in [-0.15, -0.1) is 0 Å². The van der Waals surface area contributed by atoms with E-state index in [1.54, 1.807) is 20.8 Å². The molecule has 0 amide bonds. The molecule has 4 aliphatic heterocycles. The zero-order chi connectivity index (χ0) is 43.1. The van der Waals surface area contributed by atoms with Crippen molar-refractivity contribution in [3.63, 3.8) is 0 Å². The molecule has 0 aromatic carbocycles. The highest BCUT2D eigenvalue weighted by molar-refractivity contribution is 5.70. The molecule has 4 heterocycles. The van der Waals surface area contributed by atoms with E-state index in [2.05, 4.69) is 32.8 Å². The maximum Gasteiger partial charge on any atom is 0.308 e. The van der Waals surface area contributed by atoms with Gasteiger partial charge < -0.3 is 68.1 Å². The average molecular weight is 829 g/mol. The molecular weight excluding hydrogens is 752 g/mol. The number of carbonyl (C=O) groups excluding carboxylic acids is 1. The fraction of sp³-hybridized carbons (Fsp3) is 0.884. The summed E-state index contributed by atoms with van der Waals surface area (Å²) in [6.07, 6.45) is 0.174. The topological polar surface area (TPSA) is 178 Å². The summed E-state index contributed by atoms with van der Waals surface area (Å²) in [4.78, 5) is 17.1. The van der Waals surface area contributed by atoms with Crippen molar-refractivity contribution in [2.75, 3.05) is 35.3 Å². The smallest absolute Gasteiger partial charge is 0.308 e. The number of ether oxygens (including phenoxy) is 8. The van der Waals surface area contributed by atoms with Crippen LogP contribution in [0.25, 0.3) is 0 Å². The van der Waals surface area contributed by atoms with Gasteiger partial charge >= 0.3 is 5.97 Å². The van der Waals surface area contributed by atoms with E-state index in [1.165, 1.54) is 7.11 Å². The molecule has 15 heteroatoms. The second-order valence-corrected chi connectivity index (χ2v) is 17.8. The van der Waals surface area contributed by atoms with Crippen LogP contribution in [-0.2, 0) is 42.7 Å². The molecule has 19 atom stereocenters. The molecule has 336 valence electrons. The number of nitrogens with zero attached hydrogens (tertiary/aromatic N) is 2. The molecule has 0 aromatic rings. The van der Waals surface area contributed by atoms with Crippen molar-refractivity contribution in [1.82, 2.24) is 9.80 Å². The van der Waals surface area contributed by atoms with Crippen molar-refractivity contribution in [3.05, 3.63) is 24.3 Å². The van der Waals surface area contributed by atoms with Gasteiger partial charge in [-0.2, -0.15) is 0 Å². The minimum Gasteiger partial charge on any atom is -0.462 e. The van der Waals surface area contributed by atoms with Gasteiger partial charge in [-0.25, -0.2) is 0 Å². The van der Waals surface area contributed by atoms with Crippen LogP contribution in [0.15, 0.2) is 24.3 Å². The molecule has 4 rings (SSSR count).